The molecule has 36 heavy (non-hydrogen) atoms. The lowest BCUT2D eigenvalue weighted by Gasteiger charge is -2.15. The van der Waals surface area contributed by atoms with E-state index in [1.807, 2.05) is 83.4 Å². The number of hydrogen-bond acceptors (Lipinski definition) is 1. The second-order valence-electron chi connectivity index (χ2n) is 8.99. The second-order valence-corrected chi connectivity index (χ2v) is 8.99. The number of hydrogen-bond donors (Lipinski definition) is 0. The van der Waals surface area contributed by atoms with Gasteiger partial charge in [-0.3, -0.25) is 9.36 Å². The lowest BCUT2D eigenvalue weighted by Crippen LogP contribution is -2.21. The van der Waals surface area contributed by atoms with E-state index in [-0.39, 0.29) is 5.56 Å². The van der Waals surface area contributed by atoms with Crippen LogP contribution in [0.25, 0.3) is 55.4 Å². The topological polar surface area (TPSA) is 26.4 Å². The molecule has 0 saturated carbocycles. The zero-order valence-electron chi connectivity index (χ0n) is 19.5. The Balaban J connectivity index is 1.72. The van der Waals surface area contributed by atoms with Crippen molar-refractivity contribution in [1.82, 2.24) is 8.97 Å². The van der Waals surface area contributed by atoms with Crippen molar-refractivity contribution in [2.45, 2.75) is 0 Å². The minimum atomic E-state index is -0.0334. The molecule has 0 aliphatic carbocycles. The maximum absolute atomic E-state index is 14.5. The normalized spacial score (nSPS) is 11.4. The van der Waals surface area contributed by atoms with Gasteiger partial charge in [0.25, 0.3) is 5.56 Å². The quantitative estimate of drug-likeness (QED) is 0.264. The molecule has 0 saturated heterocycles. The molecule has 0 bridgehead atoms. The van der Waals surface area contributed by atoms with Crippen LogP contribution >= 0.6 is 0 Å². The number of aromatic nitrogens is 2. The third-order valence-electron chi connectivity index (χ3n) is 6.92. The van der Waals surface area contributed by atoms with E-state index in [2.05, 4.69) is 59.0 Å². The maximum Gasteiger partial charge on any atom is 0.280 e. The first-order chi connectivity index (χ1) is 17.8. The van der Waals surface area contributed by atoms with Crippen LogP contribution in [0.1, 0.15) is 0 Å². The molecule has 0 N–H and O–H groups in total. The Hall–Kier alpha value is -4.89. The molecular weight excluding hydrogens is 440 g/mol. The number of rotatable bonds is 3. The van der Waals surface area contributed by atoms with Crippen molar-refractivity contribution in [3.8, 4) is 27.9 Å². The second kappa shape index (κ2) is 8.10. The van der Waals surface area contributed by atoms with E-state index in [0.717, 1.165) is 49.9 Å². The van der Waals surface area contributed by atoms with Crippen LogP contribution in [-0.4, -0.2) is 8.97 Å². The largest absolute Gasteiger partial charge is 0.302 e. The molecule has 7 aromatic rings. The van der Waals surface area contributed by atoms with E-state index in [1.165, 1.54) is 0 Å². The van der Waals surface area contributed by atoms with Crippen LogP contribution in [0, 0.1) is 0 Å². The van der Waals surface area contributed by atoms with Crippen LogP contribution in [0.15, 0.2) is 138 Å². The summed E-state index contributed by atoms with van der Waals surface area (Å²) in [5.41, 5.74) is 8.60. The lowest BCUT2D eigenvalue weighted by molar-refractivity contribution is 1.03. The molecule has 170 valence electrons. The van der Waals surface area contributed by atoms with Gasteiger partial charge in [0, 0.05) is 16.6 Å². The van der Waals surface area contributed by atoms with Crippen LogP contribution in [0.2, 0.25) is 0 Å². The third kappa shape index (κ3) is 3.03. The summed E-state index contributed by atoms with van der Waals surface area (Å²) in [6.45, 7) is 0. The van der Waals surface area contributed by atoms with Gasteiger partial charge in [-0.05, 0) is 47.0 Å². The van der Waals surface area contributed by atoms with E-state index in [4.69, 9.17) is 0 Å². The van der Waals surface area contributed by atoms with Crippen LogP contribution in [-0.2, 0) is 0 Å². The van der Waals surface area contributed by atoms with Crippen molar-refractivity contribution < 1.29 is 0 Å². The molecule has 3 nitrogen and oxygen atoms in total. The first kappa shape index (κ1) is 20.5. The summed E-state index contributed by atoms with van der Waals surface area (Å²) in [6.07, 6.45) is 0. The SMILES string of the molecule is O=c1c2c(-c3ccccc3)c3ccccc3n2c2ccc(-c3ccccc3)cc2n1-c1ccccc1. The van der Waals surface area contributed by atoms with Crippen molar-refractivity contribution in [2.75, 3.05) is 0 Å². The molecule has 0 aliphatic heterocycles. The fourth-order valence-corrected chi connectivity index (χ4v) is 5.34. The molecule has 0 amide bonds. The molecule has 7 rings (SSSR count). The number of nitrogens with zero attached hydrogens (tertiary/aromatic N) is 2. The van der Waals surface area contributed by atoms with E-state index >= 15 is 0 Å². The van der Waals surface area contributed by atoms with E-state index in [1.54, 1.807) is 0 Å². The van der Waals surface area contributed by atoms with E-state index < -0.39 is 0 Å². The van der Waals surface area contributed by atoms with Gasteiger partial charge in [0.05, 0.1) is 16.6 Å². The van der Waals surface area contributed by atoms with Crippen LogP contribution in [0.3, 0.4) is 0 Å². The molecule has 2 heterocycles. The van der Waals surface area contributed by atoms with Gasteiger partial charge in [0.2, 0.25) is 0 Å². The third-order valence-corrected chi connectivity index (χ3v) is 6.92. The van der Waals surface area contributed by atoms with Gasteiger partial charge in [-0.2, -0.15) is 0 Å². The highest BCUT2D eigenvalue weighted by atomic mass is 16.1. The highest BCUT2D eigenvalue weighted by Gasteiger charge is 2.21. The number of fused-ring (bicyclic) bond motifs is 5. The summed E-state index contributed by atoms with van der Waals surface area (Å²) in [4.78, 5) is 14.5. The molecule has 0 spiro atoms. The van der Waals surface area contributed by atoms with Crippen molar-refractivity contribution in [2.24, 2.45) is 0 Å². The molecule has 5 aromatic carbocycles. The lowest BCUT2D eigenvalue weighted by atomic mass is 10.0. The van der Waals surface area contributed by atoms with Gasteiger partial charge in [-0.1, -0.05) is 103 Å². The summed E-state index contributed by atoms with van der Waals surface area (Å²) < 4.78 is 4.01. The van der Waals surface area contributed by atoms with Crippen molar-refractivity contribution in [3.05, 3.63) is 144 Å². The molecule has 0 aliphatic rings. The van der Waals surface area contributed by atoms with E-state index in [0.29, 0.717) is 5.52 Å². The van der Waals surface area contributed by atoms with Crippen LogP contribution in [0.5, 0.6) is 0 Å². The van der Waals surface area contributed by atoms with Crippen LogP contribution < -0.4 is 5.56 Å². The number of para-hydroxylation sites is 2. The van der Waals surface area contributed by atoms with E-state index in [9.17, 15) is 4.79 Å². The Labute approximate surface area is 208 Å². The van der Waals surface area contributed by atoms with Crippen molar-refractivity contribution in [3.63, 3.8) is 0 Å². The smallest absolute Gasteiger partial charge is 0.280 e. The average Bonchev–Trinajstić information content (AvgIpc) is 3.30. The Bertz CT molecular complexity index is 1930. The molecular formula is C33H22N2O. The Kier molecular flexibility index (Phi) is 4.61. The molecule has 3 heteroatoms. The highest BCUT2D eigenvalue weighted by molar-refractivity contribution is 6.08. The zero-order chi connectivity index (χ0) is 24.1. The summed E-state index contributed by atoms with van der Waals surface area (Å²) in [7, 11) is 0. The average molecular weight is 463 g/mol. The molecule has 0 fully saturated rings. The van der Waals surface area contributed by atoms with Gasteiger partial charge in [0.15, 0.2) is 0 Å². The Morgan fingerprint density at radius 2 is 1.08 bits per heavy atom. The van der Waals surface area contributed by atoms with Gasteiger partial charge < -0.3 is 4.40 Å². The van der Waals surface area contributed by atoms with Crippen molar-refractivity contribution in [1.29, 1.82) is 0 Å². The number of benzene rings is 5. The monoisotopic (exact) mass is 462 g/mol. The minimum absolute atomic E-state index is 0.0334. The predicted molar refractivity (Wildman–Crippen MR) is 149 cm³/mol. The standard InChI is InChI=1S/C33H22N2O/c36-33-32-31(24-14-6-2-7-15-24)27-18-10-11-19-28(27)35(32)29-21-20-25(23-12-4-1-5-13-23)22-30(29)34(33)26-16-8-3-9-17-26/h1-22H. The Morgan fingerprint density at radius 3 is 1.81 bits per heavy atom. The van der Waals surface area contributed by atoms with Gasteiger partial charge in [0.1, 0.15) is 5.52 Å². The summed E-state index contributed by atoms with van der Waals surface area (Å²) in [6, 6.07) is 45.2. The predicted octanol–water partition coefficient (Wildman–Crippen LogP) is 7.73. The summed E-state index contributed by atoms with van der Waals surface area (Å²) in [5.74, 6) is 0. The first-order valence-corrected chi connectivity index (χ1v) is 12.1. The highest BCUT2D eigenvalue weighted by Crippen LogP contribution is 2.37. The fraction of sp³-hybridized carbons (Fsp3) is 0. The maximum atomic E-state index is 14.5. The summed E-state index contributed by atoms with van der Waals surface area (Å²) >= 11 is 0. The molecule has 0 unspecified atom stereocenters. The van der Waals surface area contributed by atoms with Crippen molar-refractivity contribution >= 4 is 27.5 Å². The molecule has 0 atom stereocenters. The summed E-state index contributed by atoms with van der Waals surface area (Å²) in [5, 5.41) is 1.07. The minimum Gasteiger partial charge on any atom is -0.302 e. The van der Waals surface area contributed by atoms with Gasteiger partial charge in [-0.25, -0.2) is 0 Å². The van der Waals surface area contributed by atoms with Gasteiger partial charge >= 0.3 is 0 Å². The Morgan fingerprint density at radius 1 is 0.472 bits per heavy atom. The van der Waals surface area contributed by atoms with Crippen LogP contribution in [0.4, 0.5) is 0 Å². The molecule has 2 aromatic heterocycles. The zero-order valence-corrected chi connectivity index (χ0v) is 19.5. The first-order valence-electron chi connectivity index (χ1n) is 12.1. The molecule has 0 radical (unpaired) electrons. The van der Waals surface area contributed by atoms with Gasteiger partial charge in [-0.15, -0.1) is 0 Å². The fourth-order valence-electron chi connectivity index (χ4n) is 5.34.